The summed E-state index contributed by atoms with van der Waals surface area (Å²) in [5.74, 6) is -0.193. The van der Waals surface area contributed by atoms with E-state index in [0.717, 1.165) is 57.8 Å². The molecule has 1 aliphatic rings. The van der Waals surface area contributed by atoms with Gasteiger partial charge in [0.05, 0.1) is 25.4 Å². The van der Waals surface area contributed by atoms with Crippen LogP contribution in [0.15, 0.2) is 36.5 Å². The van der Waals surface area contributed by atoms with Crippen LogP contribution >= 0.6 is 0 Å². The van der Waals surface area contributed by atoms with Gasteiger partial charge >= 0.3 is 0 Å². The van der Waals surface area contributed by atoms with Crippen molar-refractivity contribution in [2.75, 3.05) is 13.2 Å². The maximum Gasteiger partial charge on any atom is 0.220 e. The van der Waals surface area contributed by atoms with Gasteiger partial charge in [0.15, 0.2) is 6.29 Å². The number of carbonyl (C=O) groups is 1. The normalized spacial score (nSPS) is 19.9. The molecule has 1 aliphatic heterocycles. The molecule has 0 bridgehead atoms. The molecule has 1 rings (SSSR count). The molecule has 394 valence electrons. The summed E-state index contributed by atoms with van der Waals surface area (Å²) in [6, 6.07) is -0.826. The Bertz CT molecular complexity index is 1150. The van der Waals surface area contributed by atoms with Gasteiger partial charge in [0.1, 0.15) is 24.4 Å². The molecular formula is C58H109NO8. The first-order valence-electron chi connectivity index (χ1n) is 28.7. The molecule has 7 unspecified atom stereocenters. The number of unbranched alkanes of at least 4 members (excludes halogenated alkanes) is 35. The molecule has 1 fully saturated rings. The van der Waals surface area contributed by atoms with Crippen LogP contribution in [-0.2, 0) is 14.3 Å². The summed E-state index contributed by atoms with van der Waals surface area (Å²) in [7, 11) is 0. The largest absolute Gasteiger partial charge is 0.394 e. The first-order valence-corrected chi connectivity index (χ1v) is 28.7. The van der Waals surface area contributed by atoms with Gasteiger partial charge in [0, 0.05) is 6.42 Å². The molecule has 0 radical (unpaired) electrons. The van der Waals surface area contributed by atoms with Crippen LogP contribution < -0.4 is 5.32 Å². The van der Waals surface area contributed by atoms with E-state index >= 15 is 0 Å². The van der Waals surface area contributed by atoms with E-state index in [1.165, 1.54) is 193 Å². The second-order valence-corrected chi connectivity index (χ2v) is 20.1. The van der Waals surface area contributed by atoms with E-state index in [0.29, 0.717) is 6.42 Å². The topological polar surface area (TPSA) is 149 Å². The van der Waals surface area contributed by atoms with Gasteiger partial charge in [-0.25, -0.2) is 0 Å². The zero-order chi connectivity index (χ0) is 48.7. The molecule has 0 aromatic rings. The maximum absolute atomic E-state index is 13.0. The quantitative estimate of drug-likeness (QED) is 0.0261. The number of hydrogen-bond acceptors (Lipinski definition) is 8. The van der Waals surface area contributed by atoms with Crippen LogP contribution in [0.3, 0.4) is 0 Å². The van der Waals surface area contributed by atoms with Gasteiger partial charge in [0.2, 0.25) is 5.91 Å². The number of hydrogen-bond donors (Lipinski definition) is 6. The zero-order valence-electron chi connectivity index (χ0n) is 43.7. The monoisotopic (exact) mass is 948 g/mol. The number of ether oxygens (including phenoxy) is 2. The lowest BCUT2D eigenvalue weighted by Gasteiger charge is -2.40. The Kier molecular flexibility index (Phi) is 45.5. The molecular weight excluding hydrogens is 839 g/mol. The van der Waals surface area contributed by atoms with Crippen LogP contribution in [0.2, 0.25) is 0 Å². The van der Waals surface area contributed by atoms with E-state index in [-0.39, 0.29) is 12.5 Å². The molecule has 0 aromatic carbocycles. The standard InChI is InChI=1S/C58H109NO8/c1-3-5-7-9-11-13-15-17-19-21-22-23-24-25-26-27-28-29-30-31-32-33-35-37-39-41-43-45-47-52(61)51(50-66-58-57(65)56(64)55(63)53(49-60)67-58)59-54(62)48-46-44-42-40-38-36-34-20-18-16-14-12-10-8-6-4-2/h20,34,37,39,45,47,51-53,55-58,60-61,63-65H,3-19,21-33,35-36,38,40-44,46,48-50H2,1-2H3,(H,59,62)/b34-20-,39-37+,47-45+. The van der Waals surface area contributed by atoms with Gasteiger partial charge < -0.3 is 40.3 Å². The van der Waals surface area contributed by atoms with Crippen molar-refractivity contribution in [3.63, 3.8) is 0 Å². The minimum absolute atomic E-state index is 0.193. The van der Waals surface area contributed by atoms with Crippen molar-refractivity contribution in [2.45, 2.75) is 314 Å². The summed E-state index contributed by atoms with van der Waals surface area (Å²) < 4.78 is 11.2. The Morgan fingerprint density at radius 1 is 0.493 bits per heavy atom. The summed E-state index contributed by atoms with van der Waals surface area (Å²) in [6.45, 7) is 3.78. The fourth-order valence-electron chi connectivity index (χ4n) is 9.11. The zero-order valence-corrected chi connectivity index (χ0v) is 43.7. The van der Waals surface area contributed by atoms with Crippen LogP contribution in [0.5, 0.6) is 0 Å². The molecule has 0 aliphatic carbocycles. The highest BCUT2D eigenvalue weighted by molar-refractivity contribution is 5.76. The van der Waals surface area contributed by atoms with Crippen LogP contribution in [0.1, 0.15) is 271 Å². The molecule has 7 atom stereocenters. The Morgan fingerprint density at radius 3 is 1.25 bits per heavy atom. The van der Waals surface area contributed by atoms with Crippen molar-refractivity contribution in [3.05, 3.63) is 36.5 Å². The molecule has 6 N–H and O–H groups in total. The fraction of sp³-hybridized carbons (Fsp3) is 0.879. The average molecular weight is 949 g/mol. The van der Waals surface area contributed by atoms with E-state index in [4.69, 9.17) is 9.47 Å². The lowest BCUT2D eigenvalue weighted by Crippen LogP contribution is -2.60. The van der Waals surface area contributed by atoms with E-state index in [2.05, 4.69) is 43.5 Å². The third-order valence-corrected chi connectivity index (χ3v) is 13.7. The van der Waals surface area contributed by atoms with Crippen molar-refractivity contribution in [1.82, 2.24) is 5.32 Å². The molecule has 1 saturated heterocycles. The van der Waals surface area contributed by atoms with E-state index in [9.17, 15) is 30.3 Å². The third kappa shape index (κ3) is 37.9. The van der Waals surface area contributed by atoms with Crippen molar-refractivity contribution in [1.29, 1.82) is 0 Å². The van der Waals surface area contributed by atoms with Gasteiger partial charge in [-0.3, -0.25) is 4.79 Å². The molecule has 67 heavy (non-hydrogen) atoms. The molecule has 0 saturated carbocycles. The number of aliphatic hydroxyl groups is 5. The molecule has 9 nitrogen and oxygen atoms in total. The highest BCUT2D eigenvalue weighted by Crippen LogP contribution is 2.23. The number of nitrogens with one attached hydrogen (secondary N) is 1. The van der Waals surface area contributed by atoms with E-state index in [1.54, 1.807) is 6.08 Å². The average Bonchev–Trinajstić information content (AvgIpc) is 3.33. The highest BCUT2D eigenvalue weighted by atomic mass is 16.7. The van der Waals surface area contributed by atoms with Crippen LogP contribution in [-0.4, -0.2) is 87.5 Å². The molecule has 1 heterocycles. The fourth-order valence-corrected chi connectivity index (χ4v) is 9.11. The predicted octanol–water partition coefficient (Wildman–Crippen LogP) is 14.0. The molecule has 0 aromatic heterocycles. The Morgan fingerprint density at radius 2 is 0.851 bits per heavy atom. The van der Waals surface area contributed by atoms with Crippen molar-refractivity contribution in [3.8, 4) is 0 Å². The molecule has 1 amide bonds. The lowest BCUT2D eigenvalue weighted by molar-refractivity contribution is -0.302. The molecule has 0 spiro atoms. The van der Waals surface area contributed by atoms with Crippen LogP contribution in [0.4, 0.5) is 0 Å². The van der Waals surface area contributed by atoms with E-state index < -0.39 is 49.5 Å². The highest BCUT2D eigenvalue weighted by Gasteiger charge is 2.44. The summed E-state index contributed by atoms with van der Waals surface area (Å²) in [4.78, 5) is 13.0. The number of allylic oxidation sites excluding steroid dienone is 5. The Balaban J connectivity index is 2.23. The third-order valence-electron chi connectivity index (χ3n) is 13.7. The first kappa shape index (κ1) is 63.4. The van der Waals surface area contributed by atoms with Gasteiger partial charge in [-0.05, 0) is 57.8 Å². The van der Waals surface area contributed by atoms with Crippen molar-refractivity contribution in [2.24, 2.45) is 0 Å². The van der Waals surface area contributed by atoms with Gasteiger partial charge in [0.25, 0.3) is 0 Å². The number of rotatable bonds is 49. The van der Waals surface area contributed by atoms with Crippen LogP contribution in [0, 0.1) is 0 Å². The minimum atomic E-state index is -1.57. The Hall–Kier alpha value is -1.59. The lowest BCUT2D eigenvalue weighted by atomic mass is 9.99. The molecule has 9 heteroatoms. The summed E-state index contributed by atoms with van der Waals surface area (Å²) in [5.41, 5.74) is 0. The van der Waals surface area contributed by atoms with Crippen molar-refractivity contribution >= 4 is 5.91 Å². The Labute approximate surface area is 412 Å². The second kappa shape index (κ2) is 48.1. The number of aliphatic hydroxyl groups excluding tert-OH is 5. The van der Waals surface area contributed by atoms with Gasteiger partial charge in [-0.2, -0.15) is 0 Å². The summed E-state index contributed by atoms with van der Waals surface area (Å²) in [5, 5.41) is 54.4. The number of amides is 1. The maximum atomic E-state index is 13.0. The van der Waals surface area contributed by atoms with Crippen molar-refractivity contribution < 1.29 is 39.8 Å². The number of carbonyl (C=O) groups excluding carboxylic acids is 1. The smallest absolute Gasteiger partial charge is 0.220 e. The summed E-state index contributed by atoms with van der Waals surface area (Å²) >= 11 is 0. The van der Waals surface area contributed by atoms with E-state index in [1.807, 2.05) is 6.08 Å². The SMILES string of the molecule is CCCCCCCCC/C=C\CCCCCCCC(=O)NC(COC1OC(CO)C(O)C(O)C1O)C(O)/C=C/CC/C=C/CCCCCCCCCCCCCCCCCCCCCCCC. The van der Waals surface area contributed by atoms with Gasteiger partial charge in [-0.1, -0.05) is 243 Å². The van der Waals surface area contributed by atoms with Crippen LogP contribution in [0.25, 0.3) is 0 Å². The van der Waals surface area contributed by atoms with Gasteiger partial charge in [-0.15, -0.1) is 0 Å². The first-order chi connectivity index (χ1) is 32.8. The minimum Gasteiger partial charge on any atom is -0.394 e. The second-order valence-electron chi connectivity index (χ2n) is 20.1. The summed E-state index contributed by atoms with van der Waals surface area (Å²) in [6.07, 6.45) is 55.1. The predicted molar refractivity (Wildman–Crippen MR) is 281 cm³/mol.